The van der Waals surface area contributed by atoms with E-state index in [1.54, 1.807) is 43.5 Å². The van der Waals surface area contributed by atoms with Crippen LogP contribution < -0.4 is 19.1 Å². The molecule has 1 aliphatic rings. The molecule has 0 aliphatic heterocycles. The quantitative estimate of drug-likeness (QED) is 0.451. The van der Waals surface area contributed by atoms with Crippen LogP contribution in [0.5, 0.6) is 11.5 Å². The molecule has 0 aromatic heterocycles. The number of carbonyl (C=O) groups excluding carboxylic acids is 2. The van der Waals surface area contributed by atoms with Gasteiger partial charge in [-0.2, -0.15) is 0 Å². The summed E-state index contributed by atoms with van der Waals surface area (Å²) in [5, 5.41) is 3.10. The maximum Gasteiger partial charge on any atom is 0.244 e. The minimum atomic E-state index is -3.80. The summed E-state index contributed by atoms with van der Waals surface area (Å²) in [6, 6.07) is 13.1. The summed E-state index contributed by atoms with van der Waals surface area (Å²) in [6.07, 6.45) is 5.42. The van der Waals surface area contributed by atoms with Crippen LogP contribution in [0.3, 0.4) is 0 Å². The molecule has 37 heavy (non-hydrogen) atoms. The fraction of sp³-hybridized carbons (Fsp3) is 0.481. The molecule has 1 fully saturated rings. The van der Waals surface area contributed by atoms with Gasteiger partial charge in [0.15, 0.2) is 0 Å². The van der Waals surface area contributed by atoms with Crippen LogP contribution in [0.1, 0.15) is 44.6 Å². The monoisotopic (exact) mass is 531 g/mol. The highest BCUT2D eigenvalue weighted by Gasteiger charge is 2.33. The van der Waals surface area contributed by atoms with E-state index in [4.69, 9.17) is 9.47 Å². The predicted molar refractivity (Wildman–Crippen MR) is 143 cm³/mol. The highest BCUT2D eigenvalue weighted by atomic mass is 32.2. The number of benzene rings is 2. The van der Waals surface area contributed by atoms with Crippen molar-refractivity contribution in [2.45, 2.75) is 57.7 Å². The second-order valence-corrected chi connectivity index (χ2v) is 11.2. The van der Waals surface area contributed by atoms with Gasteiger partial charge in [-0.1, -0.05) is 31.9 Å². The van der Waals surface area contributed by atoms with Crippen molar-refractivity contribution in [1.29, 1.82) is 0 Å². The summed E-state index contributed by atoms with van der Waals surface area (Å²) in [5.74, 6) is 0.501. The minimum Gasteiger partial charge on any atom is -0.497 e. The fourth-order valence-corrected chi connectivity index (χ4v) is 5.47. The van der Waals surface area contributed by atoms with Crippen molar-refractivity contribution in [3.8, 4) is 11.5 Å². The maximum absolute atomic E-state index is 13.8. The van der Waals surface area contributed by atoms with Gasteiger partial charge in [0, 0.05) is 12.6 Å². The fourth-order valence-electron chi connectivity index (χ4n) is 4.62. The number of anilines is 1. The molecule has 2 amide bonds. The van der Waals surface area contributed by atoms with Gasteiger partial charge in [0.2, 0.25) is 21.8 Å². The standard InChI is InChI=1S/C27H37N3O6S/c1-5-25(27(32)28-21-10-6-7-11-21)29(18-20-9-8-12-24(17-20)36-3)26(31)19-30(37(4,33)34)22-13-15-23(35-2)16-14-22/h8-9,12-17,21,25H,5-7,10-11,18-19H2,1-4H3,(H,28,32). The Morgan fingerprint density at radius 2 is 1.68 bits per heavy atom. The van der Waals surface area contributed by atoms with E-state index in [1.807, 2.05) is 19.1 Å². The Hall–Kier alpha value is -3.27. The Labute approximate surface area is 219 Å². The van der Waals surface area contributed by atoms with Gasteiger partial charge >= 0.3 is 0 Å². The van der Waals surface area contributed by atoms with E-state index in [0.29, 0.717) is 23.6 Å². The van der Waals surface area contributed by atoms with E-state index in [-0.39, 0.29) is 18.5 Å². The second-order valence-electron chi connectivity index (χ2n) is 9.25. The van der Waals surface area contributed by atoms with Crippen molar-refractivity contribution in [3.05, 3.63) is 54.1 Å². The summed E-state index contributed by atoms with van der Waals surface area (Å²) in [4.78, 5) is 28.6. The van der Waals surface area contributed by atoms with Crippen LogP contribution in [-0.4, -0.2) is 64.2 Å². The van der Waals surface area contributed by atoms with E-state index >= 15 is 0 Å². The van der Waals surface area contributed by atoms with Crippen LogP contribution >= 0.6 is 0 Å². The molecule has 1 aliphatic carbocycles. The molecule has 0 heterocycles. The highest BCUT2D eigenvalue weighted by molar-refractivity contribution is 7.92. The average Bonchev–Trinajstić information content (AvgIpc) is 3.39. The van der Waals surface area contributed by atoms with E-state index in [0.717, 1.165) is 41.8 Å². The molecule has 0 bridgehead atoms. The van der Waals surface area contributed by atoms with Gasteiger partial charge < -0.3 is 19.7 Å². The molecular weight excluding hydrogens is 494 g/mol. The summed E-state index contributed by atoms with van der Waals surface area (Å²) in [7, 11) is -0.718. The topological polar surface area (TPSA) is 105 Å². The molecule has 1 unspecified atom stereocenters. The first kappa shape index (κ1) is 28.3. The van der Waals surface area contributed by atoms with E-state index in [1.165, 1.54) is 12.0 Å². The number of ether oxygens (including phenoxy) is 2. The third kappa shape index (κ3) is 7.61. The minimum absolute atomic E-state index is 0.0992. The van der Waals surface area contributed by atoms with E-state index in [9.17, 15) is 18.0 Å². The van der Waals surface area contributed by atoms with Crippen LogP contribution in [0.25, 0.3) is 0 Å². The van der Waals surface area contributed by atoms with Gasteiger partial charge in [0.05, 0.1) is 26.2 Å². The van der Waals surface area contributed by atoms with Crippen LogP contribution in [0.2, 0.25) is 0 Å². The van der Waals surface area contributed by atoms with E-state index < -0.39 is 28.5 Å². The lowest BCUT2D eigenvalue weighted by Crippen LogP contribution is -2.53. The zero-order valence-electron chi connectivity index (χ0n) is 22.0. The Morgan fingerprint density at radius 1 is 1.03 bits per heavy atom. The summed E-state index contributed by atoms with van der Waals surface area (Å²) >= 11 is 0. The summed E-state index contributed by atoms with van der Waals surface area (Å²) < 4.78 is 37.0. The second kappa shape index (κ2) is 12.8. The summed E-state index contributed by atoms with van der Waals surface area (Å²) in [6.45, 7) is 1.54. The predicted octanol–water partition coefficient (Wildman–Crippen LogP) is 3.34. The van der Waals surface area contributed by atoms with E-state index in [2.05, 4.69) is 5.32 Å². The van der Waals surface area contributed by atoms with Gasteiger partial charge in [-0.05, 0) is 61.2 Å². The van der Waals surface area contributed by atoms with Gasteiger partial charge in [-0.25, -0.2) is 8.42 Å². The lowest BCUT2D eigenvalue weighted by molar-refractivity contribution is -0.140. The molecule has 1 N–H and O–H groups in total. The first-order valence-corrected chi connectivity index (χ1v) is 14.4. The van der Waals surface area contributed by atoms with Gasteiger partial charge in [-0.15, -0.1) is 0 Å². The molecule has 1 saturated carbocycles. The van der Waals surface area contributed by atoms with Gasteiger partial charge in [-0.3, -0.25) is 13.9 Å². The third-order valence-electron chi connectivity index (χ3n) is 6.61. The average molecular weight is 532 g/mol. The van der Waals surface area contributed by atoms with Crippen LogP contribution in [0, 0.1) is 0 Å². The Morgan fingerprint density at radius 3 is 2.24 bits per heavy atom. The highest BCUT2D eigenvalue weighted by Crippen LogP contribution is 2.24. The lowest BCUT2D eigenvalue weighted by atomic mass is 10.1. The Bertz CT molecular complexity index is 1160. The molecule has 9 nitrogen and oxygen atoms in total. The summed E-state index contributed by atoms with van der Waals surface area (Å²) in [5.41, 5.74) is 1.11. The van der Waals surface area contributed by atoms with Gasteiger partial charge in [0.1, 0.15) is 24.1 Å². The van der Waals surface area contributed by atoms with Crippen molar-refractivity contribution in [2.24, 2.45) is 0 Å². The number of amides is 2. The van der Waals surface area contributed by atoms with Crippen LogP contribution in [0.15, 0.2) is 48.5 Å². The van der Waals surface area contributed by atoms with Crippen molar-refractivity contribution in [2.75, 3.05) is 31.3 Å². The van der Waals surface area contributed by atoms with Crippen molar-refractivity contribution < 1.29 is 27.5 Å². The number of carbonyl (C=O) groups is 2. The number of nitrogens with zero attached hydrogens (tertiary/aromatic N) is 2. The van der Waals surface area contributed by atoms with Crippen molar-refractivity contribution in [1.82, 2.24) is 10.2 Å². The Kier molecular flexibility index (Phi) is 9.79. The molecule has 1 atom stereocenters. The number of hydrogen-bond donors (Lipinski definition) is 1. The molecule has 0 saturated heterocycles. The third-order valence-corrected chi connectivity index (χ3v) is 7.75. The molecule has 2 aromatic rings. The molecule has 3 rings (SSSR count). The first-order valence-electron chi connectivity index (χ1n) is 12.5. The number of hydrogen-bond acceptors (Lipinski definition) is 6. The van der Waals surface area contributed by atoms with Crippen molar-refractivity contribution >= 4 is 27.5 Å². The lowest BCUT2D eigenvalue weighted by Gasteiger charge is -2.33. The zero-order chi connectivity index (χ0) is 27.0. The molecule has 2 aromatic carbocycles. The number of methoxy groups -OCH3 is 2. The molecule has 202 valence electrons. The normalized spacial score (nSPS) is 14.6. The van der Waals surface area contributed by atoms with Crippen LogP contribution in [0.4, 0.5) is 5.69 Å². The van der Waals surface area contributed by atoms with Crippen LogP contribution in [-0.2, 0) is 26.2 Å². The maximum atomic E-state index is 13.8. The van der Waals surface area contributed by atoms with Crippen molar-refractivity contribution in [3.63, 3.8) is 0 Å². The number of nitrogens with one attached hydrogen (secondary N) is 1. The Balaban J connectivity index is 1.92. The zero-order valence-corrected chi connectivity index (χ0v) is 22.8. The SMILES string of the molecule is CCC(C(=O)NC1CCCC1)N(Cc1cccc(OC)c1)C(=O)CN(c1ccc(OC)cc1)S(C)(=O)=O. The molecule has 10 heteroatoms. The van der Waals surface area contributed by atoms with Gasteiger partial charge in [0.25, 0.3) is 0 Å². The number of sulfonamides is 1. The largest absolute Gasteiger partial charge is 0.497 e. The first-order chi connectivity index (χ1) is 17.7. The number of rotatable bonds is 12. The molecule has 0 spiro atoms. The smallest absolute Gasteiger partial charge is 0.244 e. The molecule has 0 radical (unpaired) electrons. The molecular formula is C27H37N3O6S.